The molecular formula is C15H15NO. The fourth-order valence-electron chi connectivity index (χ4n) is 2.02. The number of fused-ring (bicyclic) bond motifs is 1. The zero-order valence-electron chi connectivity index (χ0n) is 10.0. The van der Waals surface area contributed by atoms with Crippen molar-refractivity contribution in [1.82, 2.24) is 4.98 Å². The average Bonchev–Trinajstić information content (AvgIpc) is 2.97. The first-order valence-electron chi connectivity index (χ1n) is 5.91. The molecule has 0 fully saturated rings. The maximum absolute atomic E-state index is 5.84. The van der Waals surface area contributed by atoms with Gasteiger partial charge < -0.3 is 9.40 Å². The molecule has 2 aromatic heterocycles. The Morgan fingerprint density at radius 2 is 1.94 bits per heavy atom. The van der Waals surface area contributed by atoms with Crippen LogP contribution in [0.25, 0.3) is 22.2 Å². The van der Waals surface area contributed by atoms with Gasteiger partial charge in [0.2, 0.25) is 0 Å². The van der Waals surface area contributed by atoms with Gasteiger partial charge in [0.25, 0.3) is 0 Å². The fraction of sp³-hybridized carbons (Fsp3) is 0.200. The highest BCUT2D eigenvalue weighted by molar-refractivity contribution is 5.83. The lowest BCUT2D eigenvalue weighted by Crippen LogP contribution is -1.80. The van der Waals surface area contributed by atoms with Gasteiger partial charge in [0.05, 0.1) is 0 Å². The smallest absolute Gasteiger partial charge is 0.134 e. The van der Waals surface area contributed by atoms with Crippen LogP contribution in [0.2, 0.25) is 0 Å². The van der Waals surface area contributed by atoms with Crippen LogP contribution in [0, 0.1) is 0 Å². The Morgan fingerprint density at radius 1 is 1.06 bits per heavy atom. The zero-order chi connectivity index (χ0) is 11.8. The number of H-pyrrole nitrogens is 1. The molecule has 0 aliphatic rings. The van der Waals surface area contributed by atoms with Crippen molar-refractivity contribution in [2.24, 2.45) is 0 Å². The average molecular weight is 225 g/mol. The van der Waals surface area contributed by atoms with Crippen molar-refractivity contribution < 1.29 is 4.42 Å². The first-order chi connectivity index (χ1) is 8.24. The summed E-state index contributed by atoms with van der Waals surface area (Å²) in [5.74, 6) is 2.40. The predicted molar refractivity (Wildman–Crippen MR) is 70.1 cm³/mol. The van der Waals surface area contributed by atoms with Gasteiger partial charge in [-0.1, -0.05) is 26.0 Å². The van der Waals surface area contributed by atoms with Crippen molar-refractivity contribution in [3.05, 3.63) is 48.4 Å². The molecule has 17 heavy (non-hydrogen) atoms. The molecule has 0 saturated carbocycles. The minimum absolute atomic E-state index is 0.429. The van der Waals surface area contributed by atoms with E-state index in [1.54, 1.807) is 0 Å². The summed E-state index contributed by atoms with van der Waals surface area (Å²) in [6.07, 6.45) is 1.95. The normalized spacial score (nSPS) is 11.5. The van der Waals surface area contributed by atoms with Gasteiger partial charge in [0, 0.05) is 23.2 Å². The van der Waals surface area contributed by atoms with Crippen LogP contribution in [0.15, 0.2) is 47.0 Å². The van der Waals surface area contributed by atoms with Crippen LogP contribution in [-0.2, 0) is 0 Å². The molecule has 0 bridgehead atoms. The van der Waals surface area contributed by atoms with Crippen LogP contribution in [0.5, 0.6) is 0 Å². The minimum Gasteiger partial charge on any atom is -0.461 e. The largest absolute Gasteiger partial charge is 0.461 e. The van der Waals surface area contributed by atoms with E-state index in [9.17, 15) is 0 Å². The molecule has 0 spiro atoms. The Morgan fingerprint density at radius 3 is 2.71 bits per heavy atom. The SMILES string of the molecule is CC(C)c1ccc(-c2ccc3cc[nH]c3c2)o1. The van der Waals surface area contributed by atoms with Crippen molar-refractivity contribution in [2.75, 3.05) is 0 Å². The molecule has 0 atom stereocenters. The Balaban J connectivity index is 2.06. The van der Waals surface area contributed by atoms with Crippen LogP contribution in [-0.4, -0.2) is 4.98 Å². The molecule has 2 nitrogen and oxygen atoms in total. The lowest BCUT2D eigenvalue weighted by molar-refractivity contribution is 0.498. The van der Waals surface area contributed by atoms with Crippen molar-refractivity contribution in [1.29, 1.82) is 0 Å². The second-order valence-corrected chi connectivity index (χ2v) is 4.64. The Kier molecular flexibility index (Phi) is 2.29. The summed E-state index contributed by atoms with van der Waals surface area (Å²) in [6.45, 7) is 4.27. The third-order valence-corrected chi connectivity index (χ3v) is 3.04. The van der Waals surface area contributed by atoms with E-state index in [1.165, 1.54) is 5.39 Å². The molecule has 0 saturated heterocycles. The van der Waals surface area contributed by atoms with Gasteiger partial charge in [-0.25, -0.2) is 0 Å². The number of nitrogens with one attached hydrogen (secondary N) is 1. The molecule has 2 heteroatoms. The number of hydrogen-bond donors (Lipinski definition) is 1. The van der Waals surface area contributed by atoms with Crippen LogP contribution < -0.4 is 0 Å². The second-order valence-electron chi connectivity index (χ2n) is 4.64. The van der Waals surface area contributed by atoms with Crippen LogP contribution in [0.1, 0.15) is 25.5 Å². The van der Waals surface area contributed by atoms with Gasteiger partial charge in [0.1, 0.15) is 11.5 Å². The number of benzene rings is 1. The van der Waals surface area contributed by atoms with Gasteiger partial charge in [-0.05, 0) is 29.7 Å². The molecule has 3 rings (SSSR count). The number of aromatic nitrogens is 1. The van der Waals surface area contributed by atoms with E-state index in [-0.39, 0.29) is 0 Å². The summed E-state index contributed by atoms with van der Waals surface area (Å²) in [5, 5.41) is 1.23. The number of rotatable bonds is 2. The molecule has 1 aromatic carbocycles. The molecule has 0 amide bonds. The molecule has 86 valence electrons. The van der Waals surface area contributed by atoms with E-state index in [4.69, 9.17) is 4.42 Å². The highest BCUT2D eigenvalue weighted by Gasteiger charge is 2.08. The molecule has 1 N–H and O–H groups in total. The quantitative estimate of drug-likeness (QED) is 0.681. The lowest BCUT2D eigenvalue weighted by Gasteiger charge is -2.00. The van der Waals surface area contributed by atoms with Crippen molar-refractivity contribution in [3.8, 4) is 11.3 Å². The highest BCUT2D eigenvalue weighted by Crippen LogP contribution is 2.28. The van der Waals surface area contributed by atoms with E-state index in [0.29, 0.717) is 5.92 Å². The van der Waals surface area contributed by atoms with Crippen LogP contribution in [0.3, 0.4) is 0 Å². The van der Waals surface area contributed by atoms with Gasteiger partial charge in [-0.15, -0.1) is 0 Å². The molecular weight excluding hydrogens is 210 g/mol. The molecule has 0 unspecified atom stereocenters. The summed E-state index contributed by atoms with van der Waals surface area (Å²) in [5.41, 5.74) is 2.26. The first-order valence-corrected chi connectivity index (χ1v) is 5.91. The van der Waals surface area contributed by atoms with E-state index < -0.39 is 0 Å². The summed E-state index contributed by atoms with van der Waals surface area (Å²) in [7, 11) is 0. The molecule has 0 radical (unpaired) electrons. The minimum atomic E-state index is 0.429. The maximum atomic E-state index is 5.84. The zero-order valence-corrected chi connectivity index (χ0v) is 10.0. The van der Waals surface area contributed by atoms with Gasteiger partial charge in [0.15, 0.2) is 0 Å². The molecule has 2 heterocycles. The van der Waals surface area contributed by atoms with E-state index >= 15 is 0 Å². The van der Waals surface area contributed by atoms with Crippen LogP contribution >= 0.6 is 0 Å². The van der Waals surface area contributed by atoms with E-state index in [2.05, 4.69) is 49.2 Å². The van der Waals surface area contributed by atoms with Gasteiger partial charge in [-0.3, -0.25) is 0 Å². The summed E-state index contributed by atoms with van der Waals surface area (Å²) >= 11 is 0. The van der Waals surface area contributed by atoms with Gasteiger partial charge in [-0.2, -0.15) is 0 Å². The fourth-order valence-corrected chi connectivity index (χ4v) is 2.02. The van der Waals surface area contributed by atoms with Crippen LogP contribution in [0.4, 0.5) is 0 Å². The van der Waals surface area contributed by atoms with Crippen molar-refractivity contribution in [3.63, 3.8) is 0 Å². The number of furan rings is 1. The molecule has 0 aliphatic carbocycles. The topological polar surface area (TPSA) is 28.9 Å². The summed E-state index contributed by atoms with van der Waals surface area (Å²) in [4.78, 5) is 3.22. The third kappa shape index (κ3) is 1.76. The Hall–Kier alpha value is -1.96. The Labute approximate surface area is 100 Å². The first kappa shape index (κ1) is 10.2. The molecule has 3 aromatic rings. The van der Waals surface area contributed by atoms with E-state index in [0.717, 1.165) is 22.6 Å². The highest BCUT2D eigenvalue weighted by atomic mass is 16.3. The standard InChI is InChI=1S/C15H15NO/c1-10(2)14-5-6-15(17-14)12-4-3-11-7-8-16-13(11)9-12/h3-10,16H,1-2H3. The maximum Gasteiger partial charge on any atom is 0.134 e. The van der Waals surface area contributed by atoms with Gasteiger partial charge >= 0.3 is 0 Å². The Bertz CT molecular complexity index is 646. The summed E-state index contributed by atoms with van der Waals surface area (Å²) in [6, 6.07) is 12.5. The van der Waals surface area contributed by atoms with Crippen molar-refractivity contribution >= 4 is 10.9 Å². The van der Waals surface area contributed by atoms with Crippen molar-refractivity contribution in [2.45, 2.75) is 19.8 Å². The summed E-state index contributed by atoms with van der Waals surface area (Å²) < 4.78 is 5.84. The second kappa shape index (κ2) is 3.81. The lowest BCUT2D eigenvalue weighted by atomic mass is 10.1. The van der Waals surface area contributed by atoms with E-state index in [1.807, 2.05) is 12.3 Å². The number of aromatic amines is 1. The predicted octanol–water partition coefficient (Wildman–Crippen LogP) is 4.55. The number of hydrogen-bond acceptors (Lipinski definition) is 1. The third-order valence-electron chi connectivity index (χ3n) is 3.04. The molecule has 0 aliphatic heterocycles. The monoisotopic (exact) mass is 225 g/mol.